The number of anilines is 1. The van der Waals surface area contributed by atoms with Crippen LogP contribution in [0, 0.1) is 0 Å². The summed E-state index contributed by atoms with van der Waals surface area (Å²) in [5.74, 6) is -3.88. The number of aromatic nitrogens is 1. The first-order valence-corrected chi connectivity index (χ1v) is 19.0. The number of rotatable bonds is 14. The Bertz CT molecular complexity index is 1960. The van der Waals surface area contributed by atoms with Gasteiger partial charge in [-0.25, -0.2) is 24.2 Å². The van der Waals surface area contributed by atoms with Crippen molar-refractivity contribution in [3.63, 3.8) is 0 Å². The van der Waals surface area contributed by atoms with E-state index in [0.29, 0.717) is 11.1 Å². The molecule has 17 nitrogen and oxygen atoms in total. The molecule has 2 aromatic carbocycles. The summed E-state index contributed by atoms with van der Waals surface area (Å²) in [5.41, 5.74) is 0.676. The molecule has 2 aliphatic rings. The minimum atomic E-state index is -1.48. The van der Waals surface area contributed by atoms with Gasteiger partial charge in [0.05, 0.1) is 12.1 Å². The van der Waals surface area contributed by atoms with Crippen LogP contribution in [-0.2, 0) is 49.3 Å². The first-order chi connectivity index (χ1) is 26.6. The van der Waals surface area contributed by atoms with Gasteiger partial charge in [0.2, 0.25) is 5.91 Å². The van der Waals surface area contributed by atoms with Crippen LogP contribution in [0.3, 0.4) is 0 Å². The van der Waals surface area contributed by atoms with E-state index in [0.717, 1.165) is 16.2 Å². The number of thiazole rings is 1. The zero-order valence-corrected chi connectivity index (χ0v) is 32.3. The lowest BCUT2D eigenvalue weighted by atomic mass is 10.0. The van der Waals surface area contributed by atoms with Crippen molar-refractivity contribution in [2.45, 2.75) is 63.3 Å². The van der Waals surface area contributed by atoms with E-state index in [1.165, 1.54) is 24.1 Å². The molecule has 1 unspecified atom stereocenters. The molecule has 5 rings (SSSR count). The fourth-order valence-electron chi connectivity index (χ4n) is 5.50. The van der Waals surface area contributed by atoms with Crippen LogP contribution in [0.2, 0.25) is 0 Å². The van der Waals surface area contributed by atoms with Gasteiger partial charge >= 0.3 is 30.1 Å². The maximum absolute atomic E-state index is 13.6. The lowest BCUT2D eigenvalue weighted by molar-refractivity contribution is -0.151. The Kier molecular flexibility index (Phi) is 13.3. The molecule has 0 saturated carbocycles. The molecule has 0 bridgehead atoms. The lowest BCUT2D eigenvalue weighted by Gasteiger charge is -2.49. The van der Waals surface area contributed by atoms with Gasteiger partial charge in [-0.05, 0) is 31.9 Å². The highest BCUT2D eigenvalue weighted by atomic mass is 32.2. The molecule has 1 fully saturated rings. The number of ether oxygens (including phenoxy) is 4. The topological polar surface area (TPSA) is 229 Å². The molecule has 19 heteroatoms. The van der Waals surface area contributed by atoms with Crippen LogP contribution in [-0.4, -0.2) is 98.9 Å². The number of β-lactam (4-membered cyclic amide) rings is 1. The number of nitrogens with one attached hydrogen (secondary N) is 3. The third-order valence-corrected chi connectivity index (χ3v) is 10.1. The third kappa shape index (κ3) is 10.8. The summed E-state index contributed by atoms with van der Waals surface area (Å²) in [5, 5.41) is 18.1. The number of fused-ring (bicyclic) bond motifs is 1. The minimum Gasteiger partial charge on any atom is -0.477 e. The van der Waals surface area contributed by atoms with Crippen LogP contribution >= 0.6 is 23.1 Å². The molecule has 1 saturated heterocycles. The largest absolute Gasteiger partial charge is 0.477 e. The number of hydrogen-bond donors (Lipinski definition) is 4. The maximum Gasteiger partial charge on any atom is 0.413 e. The highest BCUT2D eigenvalue weighted by Crippen LogP contribution is 2.40. The molecule has 3 aromatic rings. The fourth-order valence-corrected chi connectivity index (χ4v) is 7.52. The van der Waals surface area contributed by atoms with E-state index in [1.54, 1.807) is 69.3 Å². The molecule has 296 valence electrons. The molecule has 3 heterocycles. The molecule has 4 N–H and O–H groups in total. The van der Waals surface area contributed by atoms with E-state index < -0.39 is 77.7 Å². The van der Waals surface area contributed by atoms with Crippen molar-refractivity contribution in [1.29, 1.82) is 0 Å². The van der Waals surface area contributed by atoms with E-state index in [2.05, 4.69) is 20.9 Å². The van der Waals surface area contributed by atoms with Crippen LogP contribution in [0.25, 0.3) is 0 Å². The molecule has 0 radical (unpaired) electrons. The Hall–Kier alpha value is -5.95. The number of carbonyl (C=O) groups excluding carboxylic acids is 6. The van der Waals surface area contributed by atoms with Crippen molar-refractivity contribution >= 4 is 70.1 Å². The number of alkyl carbamates (subject to hydrolysis) is 1. The quantitative estimate of drug-likeness (QED) is 0.103. The molecule has 0 aliphatic carbocycles. The number of carboxylic acids is 1. The van der Waals surface area contributed by atoms with Gasteiger partial charge in [0.15, 0.2) is 17.3 Å². The van der Waals surface area contributed by atoms with Crippen LogP contribution in [0.15, 0.2) is 77.3 Å². The van der Waals surface area contributed by atoms with Gasteiger partial charge in [-0.3, -0.25) is 24.6 Å². The molecular formula is C37H39N5O12S2. The van der Waals surface area contributed by atoms with Crippen molar-refractivity contribution in [3.05, 3.63) is 94.1 Å². The van der Waals surface area contributed by atoms with E-state index in [9.17, 15) is 38.7 Å². The summed E-state index contributed by atoms with van der Waals surface area (Å²) in [7, 11) is 0. The van der Waals surface area contributed by atoms with Crippen molar-refractivity contribution < 1.29 is 57.6 Å². The summed E-state index contributed by atoms with van der Waals surface area (Å²) in [6, 6.07) is 15.5. The normalized spacial score (nSPS) is 16.8. The lowest BCUT2D eigenvalue weighted by Crippen LogP contribution is -2.70. The number of esters is 2. The maximum atomic E-state index is 13.6. The van der Waals surface area contributed by atoms with Crippen molar-refractivity contribution in [2.75, 3.05) is 24.3 Å². The monoisotopic (exact) mass is 809 g/mol. The Labute approximate surface area is 329 Å². The highest BCUT2D eigenvalue weighted by Gasteiger charge is 2.54. The smallest absolute Gasteiger partial charge is 0.413 e. The van der Waals surface area contributed by atoms with Gasteiger partial charge in [0.25, 0.3) is 5.91 Å². The van der Waals surface area contributed by atoms with Crippen LogP contribution in [0.5, 0.6) is 0 Å². The number of carbonyl (C=O) groups is 7. The summed E-state index contributed by atoms with van der Waals surface area (Å²) in [6.45, 7) is 5.21. The van der Waals surface area contributed by atoms with Gasteiger partial charge in [0.1, 0.15) is 35.9 Å². The average molecular weight is 810 g/mol. The second kappa shape index (κ2) is 18.1. The molecule has 4 amide bonds. The SMILES string of the molecule is CC(=O)OCC1=C(C(=O)O)N2C(=O)[C@@H](NC(=O)Cc3csc(NC(=O)OCC(NC(=O)OC(C)(C)C)C(=O)OC(c4ccccc4)c4ccccc4)n3)[C@H]2SC1. The van der Waals surface area contributed by atoms with E-state index >= 15 is 0 Å². The zero-order valence-electron chi connectivity index (χ0n) is 30.6. The second-order valence-corrected chi connectivity index (χ2v) is 15.3. The number of carboxylic acid groups (broad SMARTS) is 1. The first kappa shape index (κ1) is 41.2. The van der Waals surface area contributed by atoms with Gasteiger partial charge in [0, 0.05) is 23.6 Å². The van der Waals surface area contributed by atoms with Crippen molar-refractivity contribution in [3.8, 4) is 0 Å². The number of aliphatic carboxylic acids is 1. The molecule has 3 atom stereocenters. The predicted molar refractivity (Wildman–Crippen MR) is 201 cm³/mol. The molecule has 1 aromatic heterocycles. The van der Waals surface area contributed by atoms with E-state index in [-0.39, 0.29) is 40.9 Å². The van der Waals surface area contributed by atoms with Gasteiger partial charge in [-0.15, -0.1) is 23.1 Å². The third-order valence-electron chi connectivity index (χ3n) is 7.91. The van der Waals surface area contributed by atoms with Gasteiger partial charge in [-0.1, -0.05) is 60.7 Å². The van der Waals surface area contributed by atoms with E-state index in [4.69, 9.17) is 18.9 Å². The van der Waals surface area contributed by atoms with Gasteiger partial charge in [-0.2, -0.15) is 0 Å². The number of benzene rings is 2. The van der Waals surface area contributed by atoms with Crippen LogP contribution < -0.4 is 16.0 Å². The van der Waals surface area contributed by atoms with Gasteiger partial charge < -0.3 is 34.7 Å². The van der Waals surface area contributed by atoms with Crippen molar-refractivity contribution in [2.24, 2.45) is 0 Å². The molecular weight excluding hydrogens is 771 g/mol. The molecule has 56 heavy (non-hydrogen) atoms. The predicted octanol–water partition coefficient (Wildman–Crippen LogP) is 3.76. The van der Waals surface area contributed by atoms with Crippen LogP contribution in [0.1, 0.15) is 50.6 Å². The van der Waals surface area contributed by atoms with Crippen LogP contribution in [0.4, 0.5) is 14.7 Å². The second-order valence-electron chi connectivity index (χ2n) is 13.4. The minimum absolute atomic E-state index is 0.0514. The number of hydrogen-bond acceptors (Lipinski definition) is 14. The Morgan fingerprint density at radius 1 is 0.964 bits per heavy atom. The number of amides is 4. The van der Waals surface area contributed by atoms with Crippen molar-refractivity contribution in [1.82, 2.24) is 20.5 Å². The Balaban J connectivity index is 1.17. The average Bonchev–Trinajstić information content (AvgIpc) is 3.58. The standard InChI is InChI=1S/C37H39N5O12S2/c1-20(43)51-16-23-18-55-31-27(30(45)42(31)28(23)32(46)47)40-26(44)15-24-19-56-34(38-24)41-35(49)52-17-25(39-36(50)54-37(2,3)4)33(48)53-29(21-11-7-5-8-12-21)22-13-9-6-10-14-22/h5-14,19,25,27,29,31H,15-18H2,1-4H3,(H,39,50)(H,40,44)(H,46,47)(H,38,41,49)/t25?,27-,31-/m1/s1. The number of nitrogens with zero attached hydrogens (tertiary/aromatic N) is 2. The molecule has 2 aliphatic heterocycles. The zero-order chi connectivity index (χ0) is 40.6. The van der Waals surface area contributed by atoms with E-state index in [1.807, 2.05) is 12.1 Å². The highest BCUT2D eigenvalue weighted by molar-refractivity contribution is 8.00. The summed E-state index contributed by atoms with van der Waals surface area (Å²) in [4.78, 5) is 93.3. The fraction of sp³-hybridized carbons (Fsp3) is 0.351. The summed E-state index contributed by atoms with van der Waals surface area (Å²) in [6.07, 6.45) is -3.08. The molecule has 0 spiro atoms. The Morgan fingerprint density at radius 2 is 1.61 bits per heavy atom. The number of thioether (sulfide) groups is 1. The Morgan fingerprint density at radius 3 is 2.20 bits per heavy atom. The summed E-state index contributed by atoms with van der Waals surface area (Å²) < 4.78 is 21.4. The first-order valence-electron chi connectivity index (χ1n) is 17.1. The summed E-state index contributed by atoms with van der Waals surface area (Å²) >= 11 is 2.20.